The highest BCUT2D eigenvalue weighted by atomic mass is 16.5. The van der Waals surface area contributed by atoms with Crippen LogP contribution in [0.2, 0.25) is 0 Å². The maximum Gasteiger partial charge on any atom is 0.246 e. The van der Waals surface area contributed by atoms with E-state index in [2.05, 4.69) is 32.4 Å². The predicted molar refractivity (Wildman–Crippen MR) is 94.1 cm³/mol. The van der Waals surface area contributed by atoms with Crippen molar-refractivity contribution in [3.8, 4) is 5.69 Å². The lowest BCUT2D eigenvalue weighted by molar-refractivity contribution is 0.122. The van der Waals surface area contributed by atoms with Crippen LogP contribution in [0.3, 0.4) is 0 Å². The fourth-order valence-electron chi connectivity index (χ4n) is 2.73. The lowest BCUT2D eigenvalue weighted by Crippen LogP contribution is -2.36. The third kappa shape index (κ3) is 3.23. The average molecular weight is 321 g/mol. The smallest absolute Gasteiger partial charge is 0.246 e. The Labute approximate surface area is 140 Å². The van der Waals surface area contributed by atoms with Crippen molar-refractivity contribution in [3.05, 3.63) is 60.9 Å². The first-order valence-corrected chi connectivity index (χ1v) is 8.05. The van der Waals surface area contributed by atoms with Crippen molar-refractivity contribution in [1.29, 1.82) is 0 Å². The number of para-hydroxylation sites is 1. The number of benzene rings is 2. The van der Waals surface area contributed by atoms with Crippen LogP contribution in [0.4, 0.5) is 17.3 Å². The Hall–Kier alpha value is -2.86. The van der Waals surface area contributed by atoms with Crippen molar-refractivity contribution >= 4 is 17.3 Å². The monoisotopic (exact) mass is 321 g/mol. The summed E-state index contributed by atoms with van der Waals surface area (Å²) in [5, 5.41) is 7.69. The molecular weight excluding hydrogens is 302 g/mol. The molecule has 1 aliphatic heterocycles. The molecule has 24 heavy (non-hydrogen) atoms. The van der Waals surface area contributed by atoms with E-state index in [0.29, 0.717) is 5.95 Å². The number of rotatable bonds is 4. The van der Waals surface area contributed by atoms with Crippen LogP contribution in [0.15, 0.2) is 60.9 Å². The third-order valence-electron chi connectivity index (χ3n) is 4.01. The largest absolute Gasteiger partial charge is 0.378 e. The van der Waals surface area contributed by atoms with Gasteiger partial charge in [0.1, 0.15) is 6.33 Å². The fraction of sp³-hybridized carbons (Fsp3) is 0.222. The molecule has 6 nitrogen and oxygen atoms in total. The van der Waals surface area contributed by atoms with Gasteiger partial charge < -0.3 is 15.0 Å². The second-order valence-electron chi connectivity index (χ2n) is 5.62. The Kier molecular flexibility index (Phi) is 4.12. The van der Waals surface area contributed by atoms with E-state index in [0.717, 1.165) is 37.7 Å². The van der Waals surface area contributed by atoms with E-state index in [1.807, 2.05) is 42.5 Å². The minimum atomic E-state index is 0.581. The van der Waals surface area contributed by atoms with Gasteiger partial charge in [0, 0.05) is 24.5 Å². The van der Waals surface area contributed by atoms with Gasteiger partial charge in [0.2, 0.25) is 5.95 Å². The molecule has 2 aromatic carbocycles. The molecule has 0 saturated carbocycles. The maximum absolute atomic E-state index is 5.39. The highest BCUT2D eigenvalue weighted by molar-refractivity contribution is 5.59. The van der Waals surface area contributed by atoms with Gasteiger partial charge in [-0.25, -0.2) is 4.68 Å². The van der Waals surface area contributed by atoms with Gasteiger partial charge in [0.15, 0.2) is 0 Å². The molecule has 0 atom stereocenters. The van der Waals surface area contributed by atoms with E-state index in [-0.39, 0.29) is 0 Å². The van der Waals surface area contributed by atoms with Gasteiger partial charge in [-0.2, -0.15) is 4.98 Å². The number of hydrogen-bond acceptors (Lipinski definition) is 5. The first kappa shape index (κ1) is 14.7. The Morgan fingerprint density at radius 1 is 0.875 bits per heavy atom. The molecule has 4 rings (SSSR count). The molecule has 3 aromatic rings. The number of morpholine rings is 1. The molecule has 0 amide bonds. The first-order valence-electron chi connectivity index (χ1n) is 8.05. The molecule has 0 bridgehead atoms. The Balaban J connectivity index is 1.45. The van der Waals surface area contributed by atoms with Crippen LogP contribution >= 0.6 is 0 Å². The third-order valence-corrected chi connectivity index (χ3v) is 4.01. The van der Waals surface area contributed by atoms with Crippen molar-refractivity contribution in [2.45, 2.75) is 0 Å². The van der Waals surface area contributed by atoms with Gasteiger partial charge in [-0.15, -0.1) is 5.10 Å². The van der Waals surface area contributed by atoms with E-state index < -0.39 is 0 Å². The van der Waals surface area contributed by atoms with Crippen molar-refractivity contribution in [2.75, 3.05) is 36.5 Å². The summed E-state index contributed by atoms with van der Waals surface area (Å²) in [5.74, 6) is 0.581. The zero-order valence-corrected chi connectivity index (χ0v) is 13.3. The lowest BCUT2D eigenvalue weighted by atomic mass is 10.2. The van der Waals surface area contributed by atoms with Crippen LogP contribution in [0.25, 0.3) is 5.69 Å². The van der Waals surface area contributed by atoms with E-state index in [1.54, 1.807) is 11.0 Å². The molecule has 6 heteroatoms. The van der Waals surface area contributed by atoms with Crippen LogP contribution in [0, 0.1) is 0 Å². The highest BCUT2D eigenvalue weighted by Crippen LogP contribution is 2.20. The van der Waals surface area contributed by atoms with Gasteiger partial charge in [-0.05, 0) is 36.4 Å². The normalized spacial score (nSPS) is 14.6. The molecule has 2 heterocycles. The topological polar surface area (TPSA) is 55.2 Å². The molecular formula is C18H19N5O. The van der Waals surface area contributed by atoms with E-state index in [4.69, 9.17) is 4.74 Å². The van der Waals surface area contributed by atoms with Gasteiger partial charge in [-0.1, -0.05) is 18.2 Å². The fourth-order valence-corrected chi connectivity index (χ4v) is 2.73. The number of ether oxygens (including phenoxy) is 1. The summed E-state index contributed by atoms with van der Waals surface area (Å²) in [6.45, 7) is 3.47. The lowest BCUT2D eigenvalue weighted by Gasteiger charge is -2.28. The van der Waals surface area contributed by atoms with Crippen LogP contribution in [0.5, 0.6) is 0 Å². The van der Waals surface area contributed by atoms with Crippen LogP contribution in [0.1, 0.15) is 0 Å². The van der Waals surface area contributed by atoms with Gasteiger partial charge in [-0.3, -0.25) is 0 Å². The molecule has 1 fully saturated rings. The quantitative estimate of drug-likeness (QED) is 0.801. The number of aromatic nitrogens is 3. The number of anilines is 3. The van der Waals surface area contributed by atoms with E-state index in [1.165, 1.54) is 5.69 Å². The summed E-state index contributed by atoms with van der Waals surface area (Å²) < 4.78 is 7.14. The first-order chi connectivity index (χ1) is 11.9. The molecule has 1 saturated heterocycles. The Morgan fingerprint density at radius 3 is 2.38 bits per heavy atom. The molecule has 1 aliphatic rings. The molecule has 0 spiro atoms. The van der Waals surface area contributed by atoms with Crippen molar-refractivity contribution in [2.24, 2.45) is 0 Å². The maximum atomic E-state index is 5.39. The summed E-state index contributed by atoms with van der Waals surface area (Å²) >= 11 is 0. The predicted octanol–water partition coefficient (Wildman–Crippen LogP) is 2.85. The standard InChI is InChI=1S/C18H19N5O/c1-2-4-17(5-3-1)23-14-19-18(21-23)20-15-6-8-16(9-7-15)22-10-12-24-13-11-22/h1-9,14H,10-13H2,(H,20,21). The molecule has 1 N–H and O–H groups in total. The second kappa shape index (κ2) is 6.72. The summed E-state index contributed by atoms with van der Waals surface area (Å²) in [4.78, 5) is 6.64. The molecule has 0 radical (unpaired) electrons. The van der Waals surface area contributed by atoms with Gasteiger partial charge >= 0.3 is 0 Å². The Morgan fingerprint density at radius 2 is 1.62 bits per heavy atom. The molecule has 1 aromatic heterocycles. The Bertz CT molecular complexity index is 779. The SMILES string of the molecule is c1ccc(-n2cnc(Nc3ccc(N4CCOCC4)cc3)n2)cc1. The van der Waals surface area contributed by atoms with E-state index >= 15 is 0 Å². The van der Waals surface area contributed by atoms with Crippen LogP contribution in [-0.4, -0.2) is 41.1 Å². The van der Waals surface area contributed by atoms with Crippen molar-refractivity contribution in [3.63, 3.8) is 0 Å². The van der Waals surface area contributed by atoms with Gasteiger partial charge in [0.05, 0.1) is 18.9 Å². The minimum absolute atomic E-state index is 0.581. The summed E-state index contributed by atoms with van der Waals surface area (Å²) in [6.07, 6.45) is 1.71. The summed E-state index contributed by atoms with van der Waals surface area (Å²) in [5.41, 5.74) is 3.17. The number of nitrogens with zero attached hydrogens (tertiary/aromatic N) is 4. The number of nitrogens with one attached hydrogen (secondary N) is 1. The second-order valence-corrected chi connectivity index (χ2v) is 5.62. The van der Waals surface area contributed by atoms with Gasteiger partial charge in [0.25, 0.3) is 0 Å². The summed E-state index contributed by atoms with van der Waals surface area (Å²) in [6, 6.07) is 18.3. The van der Waals surface area contributed by atoms with Crippen LogP contribution in [-0.2, 0) is 4.74 Å². The minimum Gasteiger partial charge on any atom is -0.378 e. The van der Waals surface area contributed by atoms with Crippen LogP contribution < -0.4 is 10.2 Å². The molecule has 0 unspecified atom stereocenters. The number of hydrogen-bond donors (Lipinski definition) is 1. The molecule has 122 valence electrons. The van der Waals surface area contributed by atoms with Crippen molar-refractivity contribution in [1.82, 2.24) is 14.8 Å². The van der Waals surface area contributed by atoms with Crippen molar-refractivity contribution < 1.29 is 4.74 Å². The molecule has 0 aliphatic carbocycles. The zero-order valence-electron chi connectivity index (χ0n) is 13.3. The highest BCUT2D eigenvalue weighted by Gasteiger charge is 2.11. The van der Waals surface area contributed by atoms with E-state index in [9.17, 15) is 0 Å². The zero-order chi connectivity index (χ0) is 16.2. The average Bonchev–Trinajstić information content (AvgIpc) is 3.12. The summed E-state index contributed by atoms with van der Waals surface area (Å²) in [7, 11) is 0.